The first-order valence-electron chi connectivity index (χ1n) is 7.18. The zero-order valence-corrected chi connectivity index (χ0v) is 12.8. The molecule has 0 amide bonds. The molecule has 5 heteroatoms. The van der Waals surface area contributed by atoms with E-state index in [1.165, 1.54) is 10.4 Å². The van der Waals surface area contributed by atoms with E-state index < -0.39 is 0 Å². The number of benzene rings is 1. The van der Waals surface area contributed by atoms with E-state index in [1.54, 1.807) is 23.7 Å². The summed E-state index contributed by atoms with van der Waals surface area (Å²) < 4.78 is 0. The smallest absolute Gasteiger partial charge is 0.0890 e. The number of hydrogen-bond acceptors (Lipinski definition) is 5. The van der Waals surface area contributed by atoms with Gasteiger partial charge < -0.3 is 5.32 Å². The number of fused-ring (bicyclic) bond motifs is 1. The van der Waals surface area contributed by atoms with Crippen molar-refractivity contribution in [3.8, 4) is 0 Å². The molecule has 1 N–H and O–H groups in total. The molecule has 0 aliphatic heterocycles. The van der Waals surface area contributed by atoms with Crippen LogP contribution in [-0.2, 0) is 6.42 Å². The molecule has 0 aliphatic carbocycles. The number of nitrogens with one attached hydrogen (secondary N) is 1. The van der Waals surface area contributed by atoms with Crippen molar-refractivity contribution >= 4 is 22.4 Å². The topological polar surface area (TPSA) is 50.7 Å². The molecule has 1 unspecified atom stereocenters. The molecule has 0 fully saturated rings. The highest BCUT2D eigenvalue weighted by atomic mass is 32.1. The fraction of sp³-hybridized carbons (Fsp3) is 0.312. The quantitative estimate of drug-likeness (QED) is 0.758. The number of nitrogens with zero attached hydrogens (tertiary/aromatic N) is 3. The van der Waals surface area contributed by atoms with Gasteiger partial charge in [0, 0.05) is 35.9 Å². The highest BCUT2D eigenvalue weighted by Gasteiger charge is 2.13. The Labute approximate surface area is 128 Å². The molecule has 1 atom stereocenters. The van der Waals surface area contributed by atoms with Crippen LogP contribution < -0.4 is 5.32 Å². The minimum atomic E-state index is 0.289. The maximum Gasteiger partial charge on any atom is 0.0890 e. The lowest BCUT2D eigenvalue weighted by molar-refractivity contribution is 0.532. The first-order chi connectivity index (χ1) is 10.4. The Morgan fingerprint density at radius 3 is 2.81 bits per heavy atom. The van der Waals surface area contributed by atoms with Crippen molar-refractivity contribution in [2.24, 2.45) is 0 Å². The van der Waals surface area contributed by atoms with E-state index in [-0.39, 0.29) is 6.04 Å². The predicted molar refractivity (Wildman–Crippen MR) is 86.4 cm³/mol. The fourth-order valence-corrected chi connectivity index (χ4v) is 3.01. The van der Waals surface area contributed by atoms with E-state index in [0.29, 0.717) is 0 Å². The maximum atomic E-state index is 4.40. The van der Waals surface area contributed by atoms with Crippen molar-refractivity contribution in [3.05, 3.63) is 52.7 Å². The fourth-order valence-electron chi connectivity index (χ4n) is 2.37. The van der Waals surface area contributed by atoms with Gasteiger partial charge in [-0.1, -0.05) is 13.0 Å². The zero-order chi connectivity index (χ0) is 14.5. The van der Waals surface area contributed by atoms with Gasteiger partial charge >= 0.3 is 0 Å². The molecule has 3 rings (SSSR count). The van der Waals surface area contributed by atoms with Gasteiger partial charge in [-0.05, 0) is 30.7 Å². The summed E-state index contributed by atoms with van der Waals surface area (Å²) in [5.74, 6) is 0. The zero-order valence-electron chi connectivity index (χ0n) is 12.0. The SMILES string of the molecule is CCCNC(Cc1cncs1)c1ccc2nccnc2c1. The molecule has 0 bridgehead atoms. The molecule has 2 heterocycles. The Kier molecular flexibility index (Phi) is 4.52. The third kappa shape index (κ3) is 3.43. The number of thiazole rings is 1. The summed E-state index contributed by atoms with van der Waals surface area (Å²) in [5, 5.41) is 3.62. The average molecular weight is 298 g/mol. The van der Waals surface area contributed by atoms with Crippen molar-refractivity contribution < 1.29 is 0 Å². The Morgan fingerprint density at radius 2 is 2.05 bits per heavy atom. The van der Waals surface area contributed by atoms with Gasteiger partial charge in [-0.15, -0.1) is 11.3 Å². The third-order valence-electron chi connectivity index (χ3n) is 3.43. The molecule has 0 saturated carbocycles. The normalized spacial score (nSPS) is 12.6. The lowest BCUT2D eigenvalue weighted by Gasteiger charge is -2.18. The van der Waals surface area contributed by atoms with E-state index in [4.69, 9.17) is 0 Å². The molecule has 0 spiro atoms. The Bertz CT molecular complexity index is 696. The van der Waals surface area contributed by atoms with Crippen molar-refractivity contribution in [2.45, 2.75) is 25.8 Å². The lowest BCUT2D eigenvalue weighted by atomic mass is 10.0. The van der Waals surface area contributed by atoms with E-state index in [0.717, 1.165) is 30.4 Å². The minimum absolute atomic E-state index is 0.289. The second-order valence-corrected chi connectivity index (χ2v) is 5.95. The second kappa shape index (κ2) is 6.74. The molecule has 21 heavy (non-hydrogen) atoms. The molecule has 108 valence electrons. The molecule has 0 saturated heterocycles. The van der Waals surface area contributed by atoms with Crippen molar-refractivity contribution in [1.82, 2.24) is 20.3 Å². The van der Waals surface area contributed by atoms with Gasteiger partial charge in [0.1, 0.15) is 0 Å². The van der Waals surface area contributed by atoms with E-state index in [9.17, 15) is 0 Å². The van der Waals surface area contributed by atoms with Crippen LogP contribution in [0.25, 0.3) is 11.0 Å². The Balaban J connectivity index is 1.89. The third-order valence-corrected chi connectivity index (χ3v) is 4.23. The molecule has 3 aromatic rings. The van der Waals surface area contributed by atoms with Crippen LogP contribution in [0.15, 0.2) is 42.3 Å². The minimum Gasteiger partial charge on any atom is -0.310 e. The standard InChI is InChI=1S/C16H18N4S/c1-2-5-18-15(9-13-10-17-11-21-13)12-3-4-14-16(8-12)20-7-6-19-14/h3-4,6-8,10-11,15,18H,2,5,9H2,1H3. The molecule has 0 aliphatic rings. The summed E-state index contributed by atoms with van der Waals surface area (Å²) in [6, 6.07) is 6.62. The lowest BCUT2D eigenvalue weighted by Crippen LogP contribution is -2.23. The van der Waals surface area contributed by atoms with Gasteiger partial charge in [0.2, 0.25) is 0 Å². The summed E-state index contributed by atoms with van der Waals surface area (Å²) in [4.78, 5) is 14.2. The van der Waals surface area contributed by atoms with Gasteiger partial charge in [0.05, 0.1) is 16.5 Å². The summed E-state index contributed by atoms with van der Waals surface area (Å²) in [5.41, 5.74) is 5.03. The van der Waals surface area contributed by atoms with Crippen LogP contribution in [-0.4, -0.2) is 21.5 Å². The molecular weight excluding hydrogens is 280 g/mol. The second-order valence-electron chi connectivity index (χ2n) is 4.98. The van der Waals surface area contributed by atoms with Gasteiger partial charge in [-0.2, -0.15) is 0 Å². The van der Waals surface area contributed by atoms with Crippen molar-refractivity contribution in [1.29, 1.82) is 0 Å². The van der Waals surface area contributed by atoms with Gasteiger partial charge in [0.15, 0.2) is 0 Å². The molecular formula is C16H18N4S. The maximum absolute atomic E-state index is 4.40. The summed E-state index contributed by atoms with van der Waals surface area (Å²) in [6.45, 7) is 3.19. The molecule has 1 aromatic carbocycles. The summed E-state index contributed by atoms with van der Waals surface area (Å²) in [6.07, 6.45) is 7.49. The molecule has 0 radical (unpaired) electrons. The van der Waals surface area contributed by atoms with Gasteiger partial charge in [-0.25, -0.2) is 0 Å². The monoisotopic (exact) mass is 298 g/mol. The van der Waals surface area contributed by atoms with E-state index >= 15 is 0 Å². The highest BCUT2D eigenvalue weighted by Crippen LogP contribution is 2.23. The van der Waals surface area contributed by atoms with Crippen LogP contribution in [0.4, 0.5) is 0 Å². The highest BCUT2D eigenvalue weighted by molar-refractivity contribution is 7.09. The molecule has 2 aromatic heterocycles. The average Bonchev–Trinajstić information content (AvgIpc) is 3.04. The van der Waals surface area contributed by atoms with E-state index in [2.05, 4.69) is 39.3 Å². The largest absolute Gasteiger partial charge is 0.310 e. The van der Waals surface area contributed by atoms with Crippen LogP contribution in [0.2, 0.25) is 0 Å². The Hall–Kier alpha value is -1.85. The van der Waals surface area contributed by atoms with Crippen LogP contribution in [0.3, 0.4) is 0 Å². The van der Waals surface area contributed by atoms with Gasteiger partial charge in [-0.3, -0.25) is 15.0 Å². The Morgan fingerprint density at radius 1 is 1.19 bits per heavy atom. The number of hydrogen-bond donors (Lipinski definition) is 1. The first-order valence-corrected chi connectivity index (χ1v) is 8.06. The molecule has 4 nitrogen and oxygen atoms in total. The van der Waals surface area contributed by atoms with E-state index in [1.807, 2.05) is 17.8 Å². The summed E-state index contributed by atoms with van der Waals surface area (Å²) >= 11 is 1.70. The summed E-state index contributed by atoms with van der Waals surface area (Å²) in [7, 11) is 0. The van der Waals surface area contributed by atoms with Crippen molar-refractivity contribution in [3.63, 3.8) is 0 Å². The van der Waals surface area contributed by atoms with Crippen LogP contribution in [0.1, 0.15) is 29.8 Å². The van der Waals surface area contributed by atoms with Crippen LogP contribution in [0.5, 0.6) is 0 Å². The number of rotatable bonds is 6. The van der Waals surface area contributed by atoms with Crippen LogP contribution in [0, 0.1) is 0 Å². The van der Waals surface area contributed by atoms with Crippen molar-refractivity contribution in [2.75, 3.05) is 6.54 Å². The first kappa shape index (κ1) is 14.1. The predicted octanol–water partition coefficient (Wildman–Crippen LogP) is 3.37. The van der Waals surface area contributed by atoms with Crippen LogP contribution >= 0.6 is 11.3 Å². The van der Waals surface area contributed by atoms with Gasteiger partial charge in [0.25, 0.3) is 0 Å². The number of aromatic nitrogens is 3.